The Labute approximate surface area is 140 Å². The van der Waals surface area contributed by atoms with Crippen molar-refractivity contribution in [1.29, 1.82) is 5.26 Å². The molecule has 3 saturated carbocycles. The van der Waals surface area contributed by atoms with E-state index in [1.165, 1.54) is 31.3 Å². The van der Waals surface area contributed by atoms with Gasteiger partial charge in [-0.05, 0) is 86.0 Å². The Morgan fingerprint density at radius 2 is 2.13 bits per heavy atom. The van der Waals surface area contributed by atoms with Gasteiger partial charge in [0.05, 0.1) is 12.0 Å². The summed E-state index contributed by atoms with van der Waals surface area (Å²) in [6.07, 6.45) is 11.1. The molecule has 5 unspecified atom stereocenters. The van der Waals surface area contributed by atoms with Crippen LogP contribution in [-0.2, 0) is 4.79 Å². The van der Waals surface area contributed by atoms with E-state index in [0.717, 1.165) is 43.4 Å². The lowest BCUT2D eigenvalue weighted by Gasteiger charge is -2.56. The first-order valence-corrected chi connectivity index (χ1v) is 9.73. The monoisotopic (exact) mass is 311 g/mol. The maximum absolute atomic E-state index is 11.8. The van der Waals surface area contributed by atoms with E-state index in [9.17, 15) is 10.1 Å². The zero-order chi connectivity index (χ0) is 16.2. The van der Waals surface area contributed by atoms with Crippen LogP contribution in [0.4, 0.5) is 0 Å². The van der Waals surface area contributed by atoms with Gasteiger partial charge in [0, 0.05) is 6.42 Å². The van der Waals surface area contributed by atoms with E-state index >= 15 is 0 Å². The minimum absolute atomic E-state index is 0.288. The number of carbonyl (C=O) groups is 1. The van der Waals surface area contributed by atoms with Crippen molar-refractivity contribution in [1.82, 2.24) is 0 Å². The molecule has 23 heavy (non-hydrogen) atoms. The molecule has 2 heteroatoms. The van der Waals surface area contributed by atoms with Crippen LogP contribution < -0.4 is 0 Å². The van der Waals surface area contributed by atoms with E-state index in [1.807, 2.05) is 6.08 Å². The summed E-state index contributed by atoms with van der Waals surface area (Å²) in [6, 6.07) is 2.67. The van der Waals surface area contributed by atoms with E-state index in [0.29, 0.717) is 23.0 Å². The molecule has 0 N–H and O–H groups in total. The van der Waals surface area contributed by atoms with Crippen LogP contribution in [0.1, 0.15) is 65.2 Å². The molecule has 2 nitrogen and oxygen atoms in total. The summed E-state index contributed by atoms with van der Waals surface area (Å²) in [7, 11) is 0. The van der Waals surface area contributed by atoms with Crippen molar-refractivity contribution in [3.05, 3.63) is 11.6 Å². The van der Waals surface area contributed by atoms with Crippen LogP contribution in [0.3, 0.4) is 0 Å². The average Bonchev–Trinajstić information content (AvgIpc) is 2.93. The summed E-state index contributed by atoms with van der Waals surface area (Å²) in [5, 5.41) is 9.68. The summed E-state index contributed by atoms with van der Waals surface area (Å²) in [6.45, 7) is 4.74. The van der Waals surface area contributed by atoms with E-state index in [2.05, 4.69) is 19.9 Å². The van der Waals surface area contributed by atoms with E-state index < -0.39 is 0 Å². The van der Waals surface area contributed by atoms with Crippen molar-refractivity contribution < 1.29 is 4.79 Å². The third-order valence-electron chi connectivity index (χ3n) is 8.17. The highest BCUT2D eigenvalue weighted by molar-refractivity contribution is 5.91. The molecular weight excluding hydrogens is 282 g/mol. The van der Waals surface area contributed by atoms with Crippen LogP contribution in [-0.4, -0.2) is 5.78 Å². The average molecular weight is 311 g/mol. The second-order valence-electron chi connectivity index (χ2n) is 8.74. The number of carbonyl (C=O) groups excluding carboxylic acids is 1. The van der Waals surface area contributed by atoms with Crippen LogP contribution in [0, 0.1) is 52.3 Å². The van der Waals surface area contributed by atoms with Gasteiger partial charge in [0.1, 0.15) is 0 Å². The Balaban J connectivity index is 1.69. The quantitative estimate of drug-likeness (QED) is 0.690. The lowest BCUT2D eigenvalue weighted by Crippen LogP contribution is -2.50. The van der Waals surface area contributed by atoms with Crippen molar-refractivity contribution in [2.24, 2.45) is 40.9 Å². The van der Waals surface area contributed by atoms with Crippen molar-refractivity contribution >= 4 is 5.78 Å². The number of ketones is 1. The largest absolute Gasteiger partial charge is 0.295 e. The molecule has 124 valence electrons. The fourth-order valence-electron chi connectivity index (χ4n) is 7.28. The van der Waals surface area contributed by atoms with Gasteiger partial charge in [-0.3, -0.25) is 4.79 Å². The van der Waals surface area contributed by atoms with Gasteiger partial charge < -0.3 is 0 Å². The second kappa shape index (κ2) is 5.47. The molecule has 0 spiro atoms. The first-order chi connectivity index (χ1) is 11.1. The fraction of sp³-hybridized carbons (Fsp3) is 0.810. The molecule has 0 saturated heterocycles. The molecule has 0 aromatic rings. The third kappa shape index (κ3) is 2.08. The lowest BCUT2D eigenvalue weighted by molar-refractivity contribution is -0.116. The molecule has 4 aliphatic rings. The van der Waals surface area contributed by atoms with Crippen molar-refractivity contribution in [2.45, 2.75) is 65.2 Å². The number of hydrogen-bond acceptors (Lipinski definition) is 2. The molecule has 0 bridgehead atoms. The minimum atomic E-state index is 0.288. The molecule has 4 rings (SSSR count). The summed E-state index contributed by atoms with van der Waals surface area (Å²) in [5.41, 5.74) is 1.77. The molecule has 4 aliphatic carbocycles. The highest BCUT2D eigenvalue weighted by atomic mass is 16.1. The Bertz CT molecular complexity index is 585. The van der Waals surface area contributed by atoms with Crippen LogP contribution >= 0.6 is 0 Å². The van der Waals surface area contributed by atoms with Gasteiger partial charge in [-0.1, -0.05) is 19.4 Å². The number of rotatable bonds is 1. The van der Waals surface area contributed by atoms with E-state index in [4.69, 9.17) is 0 Å². The third-order valence-corrected chi connectivity index (χ3v) is 8.17. The predicted molar refractivity (Wildman–Crippen MR) is 90.4 cm³/mol. The Kier molecular flexibility index (Phi) is 3.67. The fourth-order valence-corrected chi connectivity index (χ4v) is 7.28. The number of allylic oxidation sites excluding steroid dienone is 1. The smallest absolute Gasteiger partial charge is 0.155 e. The minimum Gasteiger partial charge on any atom is -0.295 e. The highest BCUT2D eigenvalue weighted by Crippen LogP contribution is 2.65. The number of hydrogen-bond donors (Lipinski definition) is 0. The first-order valence-electron chi connectivity index (χ1n) is 9.73. The van der Waals surface area contributed by atoms with E-state index in [1.54, 1.807) is 0 Å². The van der Waals surface area contributed by atoms with E-state index in [-0.39, 0.29) is 5.92 Å². The van der Waals surface area contributed by atoms with Crippen LogP contribution in [0.5, 0.6) is 0 Å². The highest BCUT2D eigenvalue weighted by Gasteiger charge is 2.59. The molecule has 0 aromatic carbocycles. The van der Waals surface area contributed by atoms with Gasteiger partial charge >= 0.3 is 0 Å². The zero-order valence-electron chi connectivity index (χ0n) is 14.6. The molecular formula is C21H29NO. The SMILES string of the molecule is CCC12CC[C@@H]3C4CCC(=O)C=C4C[C@@H](C)C3C1CCC2C#N. The molecule has 0 aliphatic heterocycles. The molecule has 0 amide bonds. The van der Waals surface area contributed by atoms with Gasteiger partial charge in [0.25, 0.3) is 0 Å². The topological polar surface area (TPSA) is 40.9 Å². The number of nitrogens with zero attached hydrogens (tertiary/aromatic N) is 1. The molecule has 0 aromatic heterocycles. The van der Waals surface area contributed by atoms with Gasteiger partial charge in [-0.15, -0.1) is 0 Å². The van der Waals surface area contributed by atoms with Crippen molar-refractivity contribution in [3.8, 4) is 6.07 Å². The standard InChI is InChI=1S/C21H29NO/c1-3-21-9-8-18-17-6-5-16(23)11-14(17)10-13(2)20(18)19(21)7-4-15(21)12-22/h11,13,15,17-20H,3-10H2,1-2H3/t13-,15?,17?,18-,19?,20?,21?/m1/s1. The van der Waals surface area contributed by atoms with Crippen LogP contribution in [0.25, 0.3) is 0 Å². The molecule has 3 fully saturated rings. The number of nitriles is 1. The van der Waals surface area contributed by atoms with Crippen LogP contribution in [0.15, 0.2) is 11.6 Å². The summed E-state index contributed by atoms with van der Waals surface area (Å²) in [5.74, 6) is 4.32. The normalized spacial score (nSPS) is 48.7. The maximum atomic E-state index is 11.8. The Morgan fingerprint density at radius 3 is 2.87 bits per heavy atom. The van der Waals surface area contributed by atoms with Gasteiger partial charge in [0.2, 0.25) is 0 Å². The molecule has 0 radical (unpaired) electrons. The Morgan fingerprint density at radius 1 is 1.30 bits per heavy atom. The molecule has 7 atom stereocenters. The van der Waals surface area contributed by atoms with Gasteiger partial charge in [-0.2, -0.15) is 5.26 Å². The maximum Gasteiger partial charge on any atom is 0.155 e. The number of fused-ring (bicyclic) bond motifs is 5. The second-order valence-corrected chi connectivity index (χ2v) is 8.74. The van der Waals surface area contributed by atoms with Crippen molar-refractivity contribution in [2.75, 3.05) is 0 Å². The summed E-state index contributed by atoms with van der Waals surface area (Å²) < 4.78 is 0. The first kappa shape index (κ1) is 15.4. The lowest BCUT2D eigenvalue weighted by atomic mass is 9.48. The summed E-state index contributed by atoms with van der Waals surface area (Å²) >= 11 is 0. The van der Waals surface area contributed by atoms with Gasteiger partial charge in [-0.25, -0.2) is 0 Å². The van der Waals surface area contributed by atoms with Gasteiger partial charge in [0.15, 0.2) is 5.78 Å². The van der Waals surface area contributed by atoms with Crippen molar-refractivity contribution in [3.63, 3.8) is 0 Å². The zero-order valence-corrected chi connectivity index (χ0v) is 14.6. The predicted octanol–water partition coefficient (Wildman–Crippen LogP) is 4.90. The van der Waals surface area contributed by atoms with Crippen LogP contribution in [0.2, 0.25) is 0 Å². The summed E-state index contributed by atoms with van der Waals surface area (Å²) in [4.78, 5) is 11.8. The molecule has 0 heterocycles. The Hall–Kier alpha value is -1.10.